The summed E-state index contributed by atoms with van der Waals surface area (Å²) in [6.07, 6.45) is 1.64. The molecule has 3 N–H and O–H groups in total. The second-order valence-corrected chi connectivity index (χ2v) is 7.09. The number of nitro groups is 1. The zero-order valence-electron chi connectivity index (χ0n) is 17.3. The number of hydrogen-bond acceptors (Lipinski definition) is 8. The number of amides is 1. The normalized spacial score (nSPS) is 11.5. The zero-order chi connectivity index (χ0) is 23.4. The molecule has 0 aliphatic heterocycles. The highest BCUT2D eigenvalue weighted by molar-refractivity contribution is 6.05. The number of carbonyl (C=O) groups excluding carboxylic acids is 1. The fourth-order valence-electron chi connectivity index (χ4n) is 3.19. The van der Waals surface area contributed by atoms with E-state index in [-0.39, 0.29) is 28.8 Å². The molecule has 1 unspecified atom stereocenters. The molecule has 1 atom stereocenters. The molecule has 33 heavy (non-hydrogen) atoms. The summed E-state index contributed by atoms with van der Waals surface area (Å²) in [5, 5.41) is 21.0. The summed E-state index contributed by atoms with van der Waals surface area (Å²) in [4.78, 5) is 41.7. The van der Waals surface area contributed by atoms with Crippen LogP contribution >= 0.6 is 0 Å². The number of aromatic nitrogens is 3. The minimum Gasteiger partial charge on any atom is -0.371 e. The molecule has 0 aliphatic carbocycles. The third kappa shape index (κ3) is 4.93. The molecule has 0 fully saturated rings. The van der Waals surface area contributed by atoms with Crippen molar-refractivity contribution in [2.75, 3.05) is 10.6 Å². The molecule has 2 heterocycles. The molecule has 2 aromatic carbocycles. The van der Waals surface area contributed by atoms with Gasteiger partial charge in [-0.3, -0.25) is 29.4 Å². The summed E-state index contributed by atoms with van der Waals surface area (Å²) in [7, 11) is 0. The van der Waals surface area contributed by atoms with Gasteiger partial charge in [-0.05, 0) is 43.3 Å². The summed E-state index contributed by atoms with van der Waals surface area (Å²) >= 11 is 0. The lowest BCUT2D eigenvalue weighted by Crippen LogP contribution is -2.14. The number of nitrogens with zero attached hydrogens (tertiary/aromatic N) is 3. The Bertz CT molecular complexity index is 1360. The molecule has 11 heteroatoms. The quantitative estimate of drug-likeness (QED) is 0.286. The van der Waals surface area contributed by atoms with Crippen molar-refractivity contribution in [3.8, 4) is 11.4 Å². The fourth-order valence-corrected chi connectivity index (χ4v) is 3.19. The number of aromatic amines is 1. The largest absolute Gasteiger partial charge is 0.439 e. The Morgan fingerprint density at radius 3 is 2.70 bits per heavy atom. The minimum atomic E-state index is -0.696. The maximum absolute atomic E-state index is 12.7. The number of benzene rings is 2. The van der Waals surface area contributed by atoms with Crippen molar-refractivity contribution in [3.63, 3.8) is 0 Å². The van der Waals surface area contributed by atoms with Gasteiger partial charge in [-0.1, -0.05) is 23.4 Å². The molecule has 0 aliphatic rings. The predicted octanol–water partition coefficient (Wildman–Crippen LogP) is 3.76. The highest BCUT2D eigenvalue weighted by atomic mass is 16.6. The van der Waals surface area contributed by atoms with Crippen molar-refractivity contribution in [1.29, 1.82) is 0 Å². The van der Waals surface area contributed by atoms with E-state index in [0.717, 1.165) is 5.69 Å². The number of nitro benzene ring substituents is 1. The lowest BCUT2D eigenvalue weighted by Gasteiger charge is -2.15. The van der Waals surface area contributed by atoms with Gasteiger partial charge in [0.2, 0.25) is 0 Å². The Labute approximate surface area is 186 Å². The van der Waals surface area contributed by atoms with E-state index in [2.05, 4.69) is 30.3 Å². The maximum Gasteiger partial charge on any atom is 0.439 e. The Kier molecular flexibility index (Phi) is 5.94. The van der Waals surface area contributed by atoms with E-state index in [1.165, 1.54) is 18.2 Å². The molecule has 0 spiro atoms. The van der Waals surface area contributed by atoms with Crippen molar-refractivity contribution in [2.45, 2.75) is 13.0 Å². The van der Waals surface area contributed by atoms with Gasteiger partial charge in [0, 0.05) is 29.1 Å². The summed E-state index contributed by atoms with van der Waals surface area (Å²) in [6.45, 7) is 1.84. The molecule has 0 saturated heterocycles. The van der Waals surface area contributed by atoms with E-state index in [1.807, 2.05) is 19.1 Å². The van der Waals surface area contributed by atoms with Crippen LogP contribution in [0.2, 0.25) is 0 Å². The summed E-state index contributed by atoms with van der Waals surface area (Å²) in [6, 6.07) is 15.9. The molecule has 166 valence electrons. The Balaban J connectivity index is 1.54. The monoisotopic (exact) mass is 446 g/mol. The summed E-state index contributed by atoms with van der Waals surface area (Å²) in [5.41, 5.74) is 1.80. The van der Waals surface area contributed by atoms with Crippen LogP contribution in [0.5, 0.6) is 0 Å². The summed E-state index contributed by atoms with van der Waals surface area (Å²) in [5.74, 6) is -1.02. The summed E-state index contributed by atoms with van der Waals surface area (Å²) < 4.78 is 4.49. The number of rotatable bonds is 7. The van der Waals surface area contributed by atoms with Gasteiger partial charge in [0.05, 0.1) is 16.7 Å². The SMILES string of the molecule is CC(Nc1ccc(C(=O)Nc2cccc(-c3noc(=O)[nH]3)c2)cc1[N+](=O)[O-])c1ccccn1. The molecule has 2 aromatic heterocycles. The van der Waals surface area contributed by atoms with Crippen molar-refractivity contribution in [2.24, 2.45) is 0 Å². The molecule has 4 aromatic rings. The number of nitrogens with one attached hydrogen (secondary N) is 3. The van der Waals surface area contributed by atoms with E-state index in [4.69, 9.17) is 0 Å². The van der Waals surface area contributed by atoms with Crippen molar-refractivity contribution in [1.82, 2.24) is 15.1 Å². The van der Waals surface area contributed by atoms with Gasteiger partial charge < -0.3 is 10.6 Å². The number of carbonyl (C=O) groups is 1. The zero-order valence-corrected chi connectivity index (χ0v) is 17.3. The van der Waals surface area contributed by atoms with Crippen LogP contribution in [-0.4, -0.2) is 26.0 Å². The fraction of sp³-hybridized carbons (Fsp3) is 0.0909. The van der Waals surface area contributed by atoms with Gasteiger partial charge in [-0.25, -0.2) is 4.79 Å². The number of anilines is 2. The number of H-pyrrole nitrogens is 1. The number of hydrogen-bond donors (Lipinski definition) is 3. The van der Waals surface area contributed by atoms with Crippen LogP contribution in [0, 0.1) is 10.1 Å². The van der Waals surface area contributed by atoms with E-state index >= 15 is 0 Å². The predicted molar refractivity (Wildman–Crippen MR) is 120 cm³/mol. The minimum absolute atomic E-state index is 0.109. The molecule has 0 bridgehead atoms. The van der Waals surface area contributed by atoms with Crippen LogP contribution < -0.4 is 16.4 Å². The van der Waals surface area contributed by atoms with Gasteiger partial charge in [0.15, 0.2) is 5.82 Å². The second-order valence-electron chi connectivity index (χ2n) is 7.09. The van der Waals surface area contributed by atoms with E-state index in [0.29, 0.717) is 11.3 Å². The molecule has 0 saturated carbocycles. The molecule has 0 radical (unpaired) electrons. The van der Waals surface area contributed by atoms with Crippen LogP contribution in [0.3, 0.4) is 0 Å². The third-order valence-corrected chi connectivity index (χ3v) is 4.79. The van der Waals surface area contributed by atoms with Crippen LogP contribution in [0.25, 0.3) is 11.4 Å². The van der Waals surface area contributed by atoms with Gasteiger partial charge >= 0.3 is 5.76 Å². The highest BCUT2D eigenvalue weighted by Gasteiger charge is 2.20. The Hall–Kier alpha value is -4.80. The van der Waals surface area contributed by atoms with E-state index in [9.17, 15) is 19.7 Å². The van der Waals surface area contributed by atoms with Gasteiger partial charge in [0.25, 0.3) is 11.6 Å². The first-order valence-electron chi connectivity index (χ1n) is 9.84. The van der Waals surface area contributed by atoms with Crippen molar-refractivity contribution < 1.29 is 14.2 Å². The molecule has 4 rings (SSSR count). The van der Waals surface area contributed by atoms with Crippen LogP contribution in [0.15, 0.2) is 76.2 Å². The smallest absolute Gasteiger partial charge is 0.371 e. The molecule has 11 nitrogen and oxygen atoms in total. The average Bonchev–Trinajstić information content (AvgIpc) is 3.26. The first-order valence-corrected chi connectivity index (χ1v) is 9.84. The van der Waals surface area contributed by atoms with E-state index < -0.39 is 16.6 Å². The highest BCUT2D eigenvalue weighted by Crippen LogP contribution is 2.29. The Morgan fingerprint density at radius 1 is 1.15 bits per heavy atom. The number of pyridine rings is 1. The molecular formula is C22H18N6O5. The first kappa shape index (κ1) is 21.4. The lowest BCUT2D eigenvalue weighted by atomic mass is 10.1. The van der Waals surface area contributed by atoms with Crippen LogP contribution in [0.1, 0.15) is 29.0 Å². The van der Waals surface area contributed by atoms with Crippen molar-refractivity contribution in [3.05, 3.63) is 98.8 Å². The molecule has 1 amide bonds. The van der Waals surface area contributed by atoms with Crippen LogP contribution in [0.4, 0.5) is 17.1 Å². The van der Waals surface area contributed by atoms with Gasteiger partial charge in [-0.2, -0.15) is 0 Å². The first-order chi connectivity index (χ1) is 15.9. The maximum atomic E-state index is 12.7. The third-order valence-electron chi connectivity index (χ3n) is 4.79. The van der Waals surface area contributed by atoms with Crippen molar-refractivity contribution >= 4 is 23.0 Å². The Morgan fingerprint density at radius 2 is 2.00 bits per heavy atom. The van der Waals surface area contributed by atoms with Crippen LogP contribution in [-0.2, 0) is 0 Å². The topological polar surface area (TPSA) is 156 Å². The lowest BCUT2D eigenvalue weighted by molar-refractivity contribution is -0.384. The standard InChI is InChI=1S/C22H18N6O5/c1-13(17-7-2-3-10-23-17)24-18-9-8-15(12-19(18)28(31)32)21(29)25-16-6-4-5-14(11-16)20-26-22(30)33-27-20/h2-13,24H,1H3,(H,25,29)(H,26,27,30). The molecular weight excluding hydrogens is 428 g/mol. The van der Waals surface area contributed by atoms with Gasteiger partial charge in [-0.15, -0.1) is 0 Å². The van der Waals surface area contributed by atoms with E-state index in [1.54, 1.807) is 36.5 Å². The second kappa shape index (κ2) is 9.14. The average molecular weight is 446 g/mol. The van der Waals surface area contributed by atoms with Gasteiger partial charge in [0.1, 0.15) is 5.69 Å².